The summed E-state index contributed by atoms with van der Waals surface area (Å²) in [4.78, 5) is 23.5. The Kier molecular flexibility index (Phi) is 3.06. The Balaban J connectivity index is 2.60. The molecule has 0 fully saturated rings. The van der Waals surface area contributed by atoms with E-state index in [1.54, 1.807) is 26.0 Å². The van der Waals surface area contributed by atoms with Gasteiger partial charge in [-0.25, -0.2) is 4.79 Å². The fourth-order valence-corrected chi connectivity index (χ4v) is 2.04. The lowest BCUT2D eigenvalue weighted by Gasteiger charge is -2.32. The highest BCUT2D eigenvalue weighted by molar-refractivity contribution is 9.10. The molecule has 18 heavy (non-hydrogen) atoms. The third kappa shape index (κ3) is 1.96. The summed E-state index contributed by atoms with van der Waals surface area (Å²) in [5, 5.41) is 2.68. The number of fused-ring (bicyclic) bond motifs is 1. The van der Waals surface area contributed by atoms with Gasteiger partial charge in [0, 0.05) is 0 Å². The summed E-state index contributed by atoms with van der Waals surface area (Å²) >= 11 is 3.33. The molecule has 0 saturated carbocycles. The molecule has 0 radical (unpaired) electrons. The molecular formula is C12H12BrNO4. The summed E-state index contributed by atoms with van der Waals surface area (Å²) in [5.41, 5.74) is -0.385. The Morgan fingerprint density at radius 3 is 2.72 bits per heavy atom. The van der Waals surface area contributed by atoms with Crippen LogP contribution in [0.4, 0.5) is 5.69 Å². The first-order chi connectivity index (χ1) is 8.36. The first kappa shape index (κ1) is 12.9. The summed E-state index contributed by atoms with van der Waals surface area (Å²) < 4.78 is 11.0. The molecule has 96 valence electrons. The molecule has 0 atom stereocenters. The third-order valence-electron chi connectivity index (χ3n) is 2.66. The van der Waals surface area contributed by atoms with Gasteiger partial charge in [0.25, 0.3) is 5.91 Å². The van der Waals surface area contributed by atoms with Gasteiger partial charge in [-0.3, -0.25) is 4.79 Å². The minimum absolute atomic E-state index is 0.263. The lowest BCUT2D eigenvalue weighted by atomic mass is 10.0. The molecule has 1 aromatic carbocycles. The summed E-state index contributed by atoms with van der Waals surface area (Å²) in [6.45, 7) is 3.31. The van der Waals surface area contributed by atoms with Crippen molar-refractivity contribution in [3.05, 3.63) is 22.2 Å². The van der Waals surface area contributed by atoms with Crippen LogP contribution in [-0.2, 0) is 9.53 Å². The first-order valence-corrected chi connectivity index (χ1v) is 6.07. The quantitative estimate of drug-likeness (QED) is 0.808. The van der Waals surface area contributed by atoms with Crippen molar-refractivity contribution in [3.63, 3.8) is 0 Å². The van der Waals surface area contributed by atoms with Crippen molar-refractivity contribution in [2.75, 3.05) is 12.4 Å². The van der Waals surface area contributed by atoms with Crippen LogP contribution >= 0.6 is 15.9 Å². The van der Waals surface area contributed by atoms with Gasteiger partial charge < -0.3 is 14.8 Å². The van der Waals surface area contributed by atoms with Crippen molar-refractivity contribution in [1.29, 1.82) is 0 Å². The topological polar surface area (TPSA) is 64.6 Å². The van der Waals surface area contributed by atoms with E-state index in [1.165, 1.54) is 7.11 Å². The van der Waals surface area contributed by atoms with Crippen molar-refractivity contribution in [3.8, 4) is 5.75 Å². The number of ether oxygens (including phenoxy) is 2. The monoisotopic (exact) mass is 313 g/mol. The fourth-order valence-electron chi connectivity index (χ4n) is 1.63. The predicted octanol–water partition coefficient (Wildman–Crippen LogP) is 2.35. The number of benzene rings is 1. The third-order valence-corrected chi connectivity index (χ3v) is 3.28. The van der Waals surface area contributed by atoms with Gasteiger partial charge in [0.05, 0.1) is 22.8 Å². The molecule has 1 N–H and O–H groups in total. The molecule has 1 amide bonds. The van der Waals surface area contributed by atoms with Crippen LogP contribution in [-0.4, -0.2) is 24.6 Å². The van der Waals surface area contributed by atoms with Crippen LogP contribution in [0.5, 0.6) is 5.75 Å². The lowest BCUT2D eigenvalue weighted by Crippen LogP contribution is -2.46. The Bertz CT molecular complexity index is 539. The summed E-state index contributed by atoms with van der Waals surface area (Å²) in [6.07, 6.45) is 0. The van der Waals surface area contributed by atoms with Crippen molar-refractivity contribution in [1.82, 2.24) is 0 Å². The average Bonchev–Trinajstić information content (AvgIpc) is 2.31. The van der Waals surface area contributed by atoms with Crippen molar-refractivity contribution < 1.29 is 19.1 Å². The van der Waals surface area contributed by atoms with E-state index >= 15 is 0 Å². The van der Waals surface area contributed by atoms with Crippen LogP contribution in [0.1, 0.15) is 24.2 Å². The minimum Gasteiger partial charge on any atom is -0.475 e. The molecule has 6 heteroatoms. The number of halogens is 1. The number of hydrogen-bond donors (Lipinski definition) is 1. The Morgan fingerprint density at radius 1 is 1.44 bits per heavy atom. The van der Waals surface area contributed by atoms with E-state index in [0.29, 0.717) is 15.9 Å². The van der Waals surface area contributed by atoms with E-state index in [9.17, 15) is 9.59 Å². The van der Waals surface area contributed by atoms with Gasteiger partial charge in [-0.05, 0) is 41.9 Å². The van der Waals surface area contributed by atoms with Gasteiger partial charge in [0.1, 0.15) is 0 Å². The number of methoxy groups -OCH3 is 1. The summed E-state index contributed by atoms with van der Waals surface area (Å²) in [5.74, 6) is -0.400. The van der Waals surface area contributed by atoms with Crippen LogP contribution in [0.15, 0.2) is 16.6 Å². The first-order valence-electron chi connectivity index (χ1n) is 5.28. The van der Waals surface area contributed by atoms with E-state index in [-0.39, 0.29) is 11.5 Å². The average molecular weight is 314 g/mol. The van der Waals surface area contributed by atoms with E-state index in [4.69, 9.17) is 4.74 Å². The van der Waals surface area contributed by atoms with Crippen molar-refractivity contribution in [2.45, 2.75) is 19.4 Å². The number of hydrogen-bond acceptors (Lipinski definition) is 4. The number of esters is 1. The number of anilines is 1. The molecule has 2 rings (SSSR count). The molecule has 0 aromatic heterocycles. The SMILES string of the molecule is COC(=O)c1ccc(Br)c2c1NC(=O)C(C)(C)O2. The zero-order valence-electron chi connectivity index (χ0n) is 10.2. The number of carbonyl (C=O) groups is 2. The maximum atomic E-state index is 11.8. The molecule has 5 nitrogen and oxygen atoms in total. The van der Waals surface area contributed by atoms with Gasteiger partial charge in [-0.2, -0.15) is 0 Å². The molecule has 0 saturated heterocycles. The fraction of sp³-hybridized carbons (Fsp3) is 0.333. The van der Waals surface area contributed by atoms with Crippen LogP contribution in [0.2, 0.25) is 0 Å². The highest BCUT2D eigenvalue weighted by Crippen LogP contribution is 2.41. The normalized spacial score (nSPS) is 16.3. The standard InChI is InChI=1S/C12H12BrNO4/c1-12(2)11(16)14-8-6(10(15)17-3)4-5-7(13)9(8)18-12/h4-5H,1-3H3,(H,14,16). The van der Waals surface area contributed by atoms with E-state index in [0.717, 1.165) is 0 Å². The highest BCUT2D eigenvalue weighted by atomic mass is 79.9. The molecule has 0 aliphatic carbocycles. The van der Waals surface area contributed by atoms with Gasteiger partial charge >= 0.3 is 5.97 Å². The molecule has 0 spiro atoms. The maximum Gasteiger partial charge on any atom is 0.340 e. The number of nitrogens with one attached hydrogen (secondary N) is 1. The largest absolute Gasteiger partial charge is 0.475 e. The number of amides is 1. The summed E-state index contributed by atoms with van der Waals surface area (Å²) in [6, 6.07) is 3.25. The maximum absolute atomic E-state index is 11.8. The molecular weight excluding hydrogens is 302 g/mol. The van der Waals surface area contributed by atoms with Crippen molar-refractivity contribution in [2.24, 2.45) is 0 Å². The zero-order valence-corrected chi connectivity index (χ0v) is 11.8. The smallest absolute Gasteiger partial charge is 0.340 e. The highest BCUT2D eigenvalue weighted by Gasteiger charge is 2.38. The Morgan fingerprint density at radius 2 is 2.11 bits per heavy atom. The van der Waals surface area contributed by atoms with E-state index < -0.39 is 11.6 Å². The zero-order chi connectivity index (χ0) is 13.5. The Labute approximate surface area is 113 Å². The predicted molar refractivity (Wildman–Crippen MR) is 68.8 cm³/mol. The second kappa shape index (κ2) is 4.28. The van der Waals surface area contributed by atoms with Gasteiger partial charge in [0.15, 0.2) is 11.4 Å². The summed E-state index contributed by atoms with van der Waals surface area (Å²) in [7, 11) is 1.28. The molecule has 1 heterocycles. The van der Waals surface area contributed by atoms with Gasteiger partial charge in [0.2, 0.25) is 0 Å². The van der Waals surface area contributed by atoms with Crippen LogP contribution < -0.4 is 10.1 Å². The molecule has 0 bridgehead atoms. The molecule has 0 unspecified atom stereocenters. The van der Waals surface area contributed by atoms with Crippen LogP contribution in [0.25, 0.3) is 0 Å². The molecule has 1 aromatic rings. The van der Waals surface area contributed by atoms with E-state index in [2.05, 4.69) is 26.0 Å². The van der Waals surface area contributed by atoms with Gasteiger partial charge in [-0.15, -0.1) is 0 Å². The van der Waals surface area contributed by atoms with Gasteiger partial charge in [-0.1, -0.05) is 0 Å². The minimum atomic E-state index is -0.982. The van der Waals surface area contributed by atoms with Crippen LogP contribution in [0.3, 0.4) is 0 Å². The molecule has 1 aliphatic rings. The molecule has 1 aliphatic heterocycles. The van der Waals surface area contributed by atoms with Crippen LogP contribution in [0, 0.1) is 0 Å². The Hall–Kier alpha value is -1.56. The lowest BCUT2D eigenvalue weighted by molar-refractivity contribution is -0.129. The second-order valence-electron chi connectivity index (χ2n) is 4.36. The number of carbonyl (C=O) groups excluding carboxylic acids is 2. The second-order valence-corrected chi connectivity index (χ2v) is 5.21. The van der Waals surface area contributed by atoms with E-state index in [1.807, 2.05) is 0 Å². The van der Waals surface area contributed by atoms with Crippen molar-refractivity contribution >= 4 is 33.5 Å². The number of rotatable bonds is 1.